The van der Waals surface area contributed by atoms with Crippen LogP contribution >= 0.6 is 0 Å². The molecule has 1 fully saturated rings. The number of benzene rings is 3. The van der Waals surface area contributed by atoms with Crippen LogP contribution in [0.1, 0.15) is 42.0 Å². The van der Waals surface area contributed by atoms with E-state index in [0.29, 0.717) is 30.6 Å². The maximum Gasteiger partial charge on any atom is 0.247 e. The summed E-state index contributed by atoms with van der Waals surface area (Å²) in [5.74, 6) is -1.00. The van der Waals surface area contributed by atoms with Gasteiger partial charge in [-0.05, 0) is 60.2 Å². The number of hydrogen-bond donors (Lipinski definition) is 1. The topological polar surface area (TPSA) is 86.8 Å². The Morgan fingerprint density at radius 2 is 1.57 bits per heavy atom. The summed E-state index contributed by atoms with van der Waals surface area (Å²) in [6, 6.07) is 20.6. The highest BCUT2D eigenvalue weighted by Gasteiger charge is 2.31. The largest absolute Gasteiger partial charge is 0.351 e. The van der Waals surface area contributed by atoms with E-state index in [1.807, 2.05) is 6.07 Å². The lowest BCUT2D eigenvalue weighted by Crippen LogP contribution is -2.43. The van der Waals surface area contributed by atoms with Crippen LogP contribution in [0, 0.1) is 5.82 Å². The normalized spacial score (nSPS) is 14.4. The number of hydrogen-bond acceptors (Lipinski definition) is 4. The van der Waals surface area contributed by atoms with Gasteiger partial charge in [-0.25, -0.2) is 12.8 Å². The van der Waals surface area contributed by atoms with Gasteiger partial charge in [0.05, 0.1) is 4.90 Å². The number of sulfonamides is 1. The monoisotopic (exact) mass is 563 g/mol. The van der Waals surface area contributed by atoms with E-state index in [4.69, 9.17) is 0 Å². The maximum absolute atomic E-state index is 13.7. The van der Waals surface area contributed by atoms with Gasteiger partial charge in [0.25, 0.3) is 0 Å². The average molecular weight is 564 g/mol. The Balaban J connectivity index is 1.56. The van der Waals surface area contributed by atoms with Crippen molar-refractivity contribution in [1.29, 1.82) is 0 Å². The van der Waals surface area contributed by atoms with Gasteiger partial charge < -0.3 is 10.2 Å². The molecule has 3 aromatic rings. The van der Waals surface area contributed by atoms with E-state index in [9.17, 15) is 22.4 Å². The molecule has 9 heteroatoms. The van der Waals surface area contributed by atoms with Gasteiger partial charge in [0.1, 0.15) is 11.9 Å². The molecule has 1 saturated heterocycles. The molecule has 0 aliphatic carbocycles. The highest BCUT2D eigenvalue weighted by molar-refractivity contribution is 7.89. The van der Waals surface area contributed by atoms with Crippen molar-refractivity contribution in [3.63, 3.8) is 0 Å². The Labute approximate surface area is 235 Å². The van der Waals surface area contributed by atoms with E-state index in [-0.39, 0.29) is 42.0 Å². The zero-order valence-electron chi connectivity index (χ0n) is 22.3. The molecule has 0 spiro atoms. The molecule has 210 valence electrons. The Bertz CT molecular complexity index is 1410. The molecule has 0 radical (unpaired) electrons. The molecule has 1 aliphatic heterocycles. The van der Waals surface area contributed by atoms with Crippen LogP contribution in [-0.4, -0.2) is 49.1 Å². The Kier molecular flexibility index (Phi) is 9.84. The van der Waals surface area contributed by atoms with Crippen molar-refractivity contribution < 1.29 is 22.4 Å². The molecule has 1 N–H and O–H groups in total. The molecule has 0 saturated carbocycles. The molecule has 0 aromatic heterocycles. The summed E-state index contributed by atoms with van der Waals surface area (Å²) in [5.41, 5.74) is 2.14. The van der Waals surface area contributed by atoms with Crippen molar-refractivity contribution in [3.05, 3.63) is 114 Å². The van der Waals surface area contributed by atoms with E-state index in [2.05, 4.69) is 11.9 Å². The standard InChI is InChI=1S/C31H34FN3O4S/c1-2-20-33-31(37)30(26-8-4-3-5-9-26)35(23-25-10-15-27(32)16-11-25)29(36)19-14-24-12-17-28(18-13-24)40(38,39)34-21-6-7-22-34/h2-5,8-13,15-18,30H,1,6-7,14,19-23H2,(H,33,37). The van der Waals surface area contributed by atoms with Crippen LogP contribution in [0.3, 0.4) is 0 Å². The summed E-state index contributed by atoms with van der Waals surface area (Å²) in [7, 11) is -3.52. The minimum atomic E-state index is -3.52. The van der Waals surface area contributed by atoms with E-state index in [1.165, 1.54) is 21.3 Å². The van der Waals surface area contributed by atoms with Crippen LogP contribution in [0.4, 0.5) is 4.39 Å². The lowest BCUT2D eigenvalue weighted by Gasteiger charge is -2.31. The van der Waals surface area contributed by atoms with Gasteiger partial charge in [-0.15, -0.1) is 6.58 Å². The van der Waals surface area contributed by atoms with Crippen LogP contribution in [0.5, 0.6) is 0 Å². The minimum absolute atomic E-state index is 0.0947. The molecular formula is C31H34FN3O4S. The number of nitrogens with one attached hydrogen (secondary N) is 1. The molecule has 1 aliphatic rings. The number of amides is 2. The zero-order chi connectivity index (χ0) is 28.5. The quantitative estimate of drug-likeness (QED) is 0.326. The third-order valence-electron chi connectivity index (χ3n) is 6.94. The Morgan fingerprint density at radius 1 is 0.950 bits per heavy atom. The molecule has 1 unspecified atom stereocenters. The molecule has 0 bridgehead atoms. The van der Waals surface area contributed by atoms with E-state index >= 15 is 0 Å². The summed E-state index contributed by atoms with van der Waals surface area (Å²) in [6.45, 7) is 5.07. The Morgan fingerprint density at radius 3 is 2.20 bits per heavy atom. The zero-order valence-corrected chi connectivity index (χ0v) is 23.2. The molecule has 7 nitrogen and oxygen atoms in total. The van der Waals surface area contributed by atoms with Crippen LogP contribution < -0.4 is 5.32 Å². The number of nitrogens with zero attached hydrogens (tertiary/aromatic N) is 2. The average Bonchev–Trinajstić information content (AvgIpc) is 3.53. The van der Waals surface area contributed by atoms with Gasteiger partial charge in [-0.2, -0.15) is 4.31 Å². The summed E-state index contributed by atoms with van der Waals surface area (Å²) in [5, 5.41) is 2.81. The van der Waals surface area contributed by atoms with E-state index in [1.54, 1.807) is 66.7 Å². The SMILES string of the molecule is C=CCNC(=O)C(c1ccccc1)N(Cc1ccc(F)cc1)C(=O)CCc1ccc(S(=O)(=O)N2CCCC2)cc1. The summed E-state index contributed by atoms with van der Waals surface area (Å²) in [6.07, 6.45) is 3.75. The van der Waals surface area contributed by atoms with Crippen LogP contribution in [-0.2, 0) is 32.6 Å². The first kappa shape index (κ1) is 29.2. The predicted molar refractivity (Wildman–Crippen MR) is 152 cm³/mol. The number of halogens is 1. The first-order valence-electron chi connectivity index (χ1n) is 13.4. The van der Waals surface area contributed by atoms with Gasteiger partial charge in [-0.1, -0.05) is 60.7 Å². The van der Waals surface area contributed by atoms with Crippen molar-refractivity contribution in [2.24, 2.45) is 0 Å². The lowest BCUT2D eigenvalue weighted by atomic mass is 10.0. The van der Waals surface area contributed by atoms with Gasteiger partial charge in [0.15, 0.2) is 0 Å². The van der Waals surface area contributed by atoms with Gasteiger partial charge in [-0.3, -0.25) is 9.59 Å². The van der Waals surface area contributed by atoms with Crippen molar-refractivity contribution in [2.75, 3.05) is 19.6 Å². The molecule has 2 amide bonds. The minimum Gasteiger partial charge on any atom is -0.351 e. The van der Waals surface area contributed by atoms with Crippen molar-refractivity contribution >= 4 is 21.8 Å². The van der Waals surface area contributed by atoms with Crippen LogP contribution in [0.15, 0.2) is 96.4 Å². The summed E-state index contributed by atoms with van der Waals surface area (Å²) < 4.78 is 40.8. The third-order valence-corrected chi connectivity index (χ3v) is 8.85. The number of aryl methyl sites for hydroxylation is 1. The number of carbonyl (C=O) groups is 2. The van der Waals surface area contributed by atoms with Crippen molar-refractivity contribution in [3.8, 4) is 0 Å². The second kappa shape index (κ2) is 13.5. The molecule has 3 aromatic carbocycles. The smallest absolute Gasteiger partial charge is 0.247 e. The molecule has 1 atom stereocenters. The lowest BCUT2D eigenvalue weighted by molar-refractivity contribution is -0.141. The van der Waals surface area contributed by atoms with Gasteiger partial charge in [0.2, 0.25) is 21.8 Å². The highest BCUT2D eigenvalue weighted by atomic mass is 32.2. The summed E-state index contributed by atoms with van der Waals surface area (Å²) >= 11 is 0. The van der Waals surface area contributed by atoms with Crippen molar-refractivity contribution in [1.82, 2.24) is 14.5 Å². The fourth-order valence-electron chi connectivity index (χ4n) is 4.79. The van der Waals surface area contributed by atoms with Crippen molar-refractivity contribution in [2.45, 2.75) is 43.2 Å². The second-order valence-corrected chi connectivity index (χ2v) is 11.7. The number of carbonyl (C=O) groups excluding carboxylic acids is 2. The second-order valence-electron chi connectivity index (χ2n) is 9.75. The van der Waals surface area contributed by atoms with E-state index in [0.717, 1.165) is 18.4 Å². The first-order valence-corrected chi connectivity index (χ1v) is 14.8. The Hall–Kier alpha value is -3.82. The highest BCUT2D eigenvalue weighted by Crippen LogP contribution is 2.26. The number of rotatable bonds is 12. The van der Waals surface area contributed by atoms with Gasteiger partial charge >= 0.3 is 0 Å². The predicted octanol–water partition coefficient (Wildman–Crippen LogP) is 4.62. The fraction of sp³-hybridized carbons (Fsp3) is 0.290. The maximum atomic E-state index is 13.7. The molecule has 4 rings (SSSR count). The van der Waals surface area contributed by atoms with Gasteiger partial charge in [0, 0.05) is 32.6 Å². The molecule has 1 heterocycles. The third kappa shape index (κ3) is 7.22. The molecular weight excluding hydrogens is 529 g/mol. The summed E-state index contributed by atoms with van der Waals surface area (Å²) in [4.78, 5) is 28.8. The fourth-order valence-corrected chi connectivity index (χ4v) is 6.31. The first-order chi connectivity index (χ1) is 19.3. The van der Waals surface area contributed by atoms with Crippen LogP contribution in [0.25, 0.3) is 0 Å². The van der Waals surface area contributed by atoms with E-state index < -0.39 is 16.1 Å². The molecule has 40 heavy (non-hydrogen) atoms. The van der Waals surface area contributed by atoms with Crippen LogP contribution in [0.2, 0.25) is 0 Å².